The topological polar surface area (TPSA) is 59.8 Å². The molecule has 0 aliphatic carbocycles. The zero-order valence-electron chi connectivity index (χ0n) is 15.7. The number of benzene rings is 2. The smallest absolute Gasteiger partial charge is 0.230 e. The van der Waals surface area contributed by atoms with Crippen LogP contribution in [0.2, 0.25) is 0 Å². The molecule has 0 bridgehead atoms. The van der Waals surface area contributed by atoms with E-state index in [4.69, 9.17) is 0 Å². The van der Waals surface area contributed by atoms with E-state index < -0.39 is 0 Å². The maximum Gasteiger partial charge on any atom is 0.230 e. The van der Waals surface area contributed by atoms with Crippen LogP contribution in [-0.4, -0.2) is 26.4 Å². The van der Waals surface area contributed by atoms with Crippen LogP contribution in [0.15, 0.2) is 77.8 Å². The van der Waals surface area contributed by atoms with Crippen LogP contribution in [0.5, 0.6) is 0 Å². The lowest BCUT2D eigenvalue weighted by Gasteiger charge is -2.08. The third kappa shape index (κ3) is 4.41. The molecule has 1 amide bonds. The minimum Gasteiger partial charge on any atom is -0.351 e. The number of allylic oxidation sites excluding steroid dienone is 1. The molecule has 0 saturated carbocycles. The number of carbonyl (C=O) groups is 1. The first kappa shape index (κ1) is 19.4. The summed E-state index contributed by atoms with van der Waals surface area (Å²) in [7, 11) is 0. The SMILES string of the molecule is C=CCn1c(SCC(=O)NCc2ccccc2)nnc1-c1csc2ccccc12. The third-order valence-electron chi connectivity index (χ3n) is 4.42. The van der Waals surface area contributed by atoms with E-state index in [1.165, 1.54) is 16.5 Å². The lowest BCUT2D eigenvalue weighted by Crippen LogP contribution is -2.24. The van der Waals surface area contributed by atoms with E-state index >= 15 is 0 Å². The summed E-state index contributed by atoms with van der Waals surface area (Å²) in [4.78, 5) is 12.3. The van der Waals surface area contributed by atoms with Gasteiger partial charge in [-0.15, -0.1) is 28.1 Å². The molecule has 0 saturated heterocycles. The second-order valence-electron chi connectivity index (χ2n) is 6.40. The molecule has 0 unspecified atom stereocenters. The molecular formula is C22H20N4OS2. The quantitative estimate of drug-likeness (QED) is 0.330. The van der Waals surface area contributed by atoms with Gasteiger partial charge in [0.05, 0.1) is 5.75 Å². The molecule has 5 nitrogen and oxygen atoms in total. The summed E-state index contributed by atoms with van der Waals surface area (Å²) >= 11 is 3.08. The first-order chi connectivity index (χ1) is 14.3. The van der Waals surface area contributed by atoms with E-state index in [1.807, 2.05) is 53.1 Å². The van der Waals surface area contributed by atoms with Gasteiger partial charge < -0.3 is 5.32 Å². The summed E-state index contributed by atoms with van der Waals surface area (Å²) in [5.74, 6) is 1.05. The Morgan fingerprint density at radius 2 is 1.93 bits per heavy atom. The van der Waals surface area contributed by atoms with Gasteiger partial charge in [0.1, 0.15) is 0 Å². The minimum atomic E-state index is -0.0328. The van der Waals surface area contributed by atoms with Gasteiger partial charge in [0.15, 0.2) is 11.0 Å². The Kier molecular flexibility index (Phi) is 6.07. The molecule has 0 radical (unpaired) electrons. The summed E-state index contributed by atoms with van der Waals surface area (Å²) in [5, 5.41) is 15.7. The number of hydrogen-bond acceptors (Lipinski definition) is 5. The van der Waals surface area contributed by atoms with Crippen LogP contribution in [0.1, 0.15) is 5.56 Å². The highest BCUT2D eigenvalue weighted by Crippen LogP contribution is 2.34. The van der Waals surface area contributed by atoms with E-state index in [1.54, 1.807) is 11.3 Å². The van der Waals surface area contributed by atoms with Crippen molar-refractivity contribution in [2.75, 3.05) is 5.75 Å². The number of thiophene rings is 1. The van der Waals surface area contributed by atoms with Crippen LogP contribution >= 0.6 is 23.1 Å². The Morgan fingerprint density at radius 3 is 2.76 bits per heavy atom. The molecule has 0 aliphatic heterocycles. The van der Waals surface area contributed by atoms with Crippen LogP contribution in [0, 0.1) is 0 Å². The highest BCUT2D eigenvalue weighted by atomic mass is 32.2. The van der Waals surface area contributed by atoms with Gasteiger partial charge in [-0.25, -0.2) is 0 Å². The number of thioether (sulfide) groups is 1. The standard InChI is InChI=1S/C22H20N4OS2/c1-2-12-26-21(18-14-28-19-11-7-6-10-17(18)19)24-25-22(26)29-15-20(27)23-13-16-8-4-3-5-9-16/h2-11,14H,1,12-13,15H2,(H,23,27). The molecule has 4 aromatic rings. The number of nitrogens with one attached hydrogen (secondary N) is 1. The van der Waals surface area contributed by atoms with Crippen molar-refractivity contribution in [3.05, 3.63) is 78.2 Å². The lowest BCUT2D eigenvalue weighted by molar-refractivity contribution is -0.118. The molecule has 7 heteroatoms. The molecular weight excluding hydrogens is 400 g/mol. The number of fused-ring (bicyclic) bond motifs is 1. The van der Waals surface area contributed by atoms with E-state index in [-0.39, 0.29) is 11.7 Å². The fraction of sp³-hybridized carbons (Fsp3) is 0.136. The van der Waals surface area contributed by atoms with Gasteiger partial charge in [0.25, 0.3) is 0 Å². The number of carbonyl (C=O) groups excluding carboxylic acids is 1. The van der Waals surface area contributed by atoms with Gasteiger partial charge in [-0.05, 0) is 11.6 Å². The fourth-order valence-electron chi connectivity index (χ4n) is 3.02. The molecule has 1 N–H and O–H groups in total. The highest BCUT2D eigenvalue weighted by Gasteiger charge is 2.17. The first-order valence-corrected chi connectivity index (χ1v) is 11.1. The summed E-state index contributed by atoms with van der Waals surface area (Å²) in [5.41, 5.74) is 2.13. The predicted octanol–water partition coefficient (Wildman–Crippen LogP) is 4.75. The summed E-state index contributed by atoms with van der Waals surface area (Å²) in [6, 6.07) is 18.1. The van der Waals surface area contributed by atoms with E-state index in [0.29, 0.717) is 18.2 Å². The van der Waals surface area contributed by atoms with Crippen LogP contribution in [-0.2, 0) is 17.9 Å². The number of amides is 1. The van der Waals surface area contributed by atoms with Crippen molar-refractivity contribution >= 4 is 39.1 Å². The molecule has 0 fully saturated rings. The van der Waals surface area contributed by atoms with Crippen LogP contribution in [0.25, 0.3) is 21.5 Å². The molecule has 146 valence electrons. The van der Waals surface area contributed by atoms with E-state index in [9.17, 15) is 4.79 Å². The summed E-state index contributed by atoms with van der Waals surface area (Å²) in [6.45, 7) is 4.96. The zero-order chi connectivity index (χ0) is 20.1. The third-order valence-corrected chi connectivity index (χ3v) is 6.35. The summed E-state index contributed by atoms with van der Waals surface area (Å²) < 4.78 is 3.22. The normalized spacial score (nSPS) is 10.9. The van der Waals surface area contributed by atoms with Crippen molar-refractivity contribution < 1.29 is 4.79 Å². The number of aromatic nitrogens is 3. The Balaban J connectivity index is 1.48. The maximum absolute atomic E-state index is 12.3. The minimum absolute atomic E-state index is 0.0328. The molecule has 0 spiro atoms. The highest BCUT2D eigenvalue weighted by molar-refractivity contribution is 7.99. The zero-order valence-corrected chi connectivity index (χ0v) is 17.4. The Labute approximate surface area is 177 Å². The van der Waals surface area contributed by atoms with Crippen molar-refractivity contribution in [3.8, 4) is 11.4 Å². The monoisotopic (exact) mass is 420 g/mol. The molecule has 2 heterocycles. The second-order valence-corrected chi connectivity index (χ2v) is 8.26. The number of rotatable bonds is 8. The van der Waals surface area contributed by atoms with Crippen LogP contribution in [0.3, 0.4) is 0 Å². The van der Waals surface area contributed by atoms with Crippen molar-refractivity contribution in [1.29, 1.82) is 0 Å². The second kappa shape index (κ2) is 9.07. The van der Waals surface area contributed by atoms with Crippen molar-refractivity contribution in [2.45, 2.75) is 18.2 Å². The van der Waals surface area contributed by atoms with Crippen LogP contribution < -0.4 is 5.32 Å². The maximum atomic E-state index is 12.3. The van der Waals surface area contributed by atoms with Gasteiger partial charge in [0, 0.05) is 34.1 Å². The Bertz CT molecular complexity index is 1130. The first-order valence-electron chi connectivity index (χ1n) is 9.20. The molecule has 2 aromatic heterocycles. The van der Waals surface area contributed by atoms with E-state index in [2.05, 4.69) is 39.6 Å². The van der Waals surface area contributed by atoms with Crippen molar-refractivity contribution in [3.63, 3.8) is 0 Å². The average molecular weight is 421 g/mol. The predicted molar refractivity (Wildman–Crippen MR) is 120 cm³/mol. The Morgan fingerprint density at radius 1 is 1.14 bits per heavy atom. The van der Waals surface area contributed by atoms with Gasteiger partial charge >= 0.3 is 0 Å². The number of hydrogen-bond donors (Lipinski definition) is 1. The Hall–Kier alpha value is -2.90. The average Bonchev–Trinajstić information content (AvgIpc) is 3.35. The van der Waals surface area contributed by atoms with Crippen molar-refractivity contribution in [1.82, 2.24) is 20.1 Å². The molecule has 2 aromatic carbocycles. The van der Waals surface area contributed by atoms with Crippen molar-refractivity contribution in [2.24, 2.45) is 0 Å². The van der Waals surface area contributed by atoms with Gasteiger partial charge in [-0.1, -0.05) is 66.4 Å². The summed E-state index contributed by atoms with van der Waals surface area (Å²) in [6.07, 6.45) is 1.82. The van der Waals surface area contributed by atoms with Gasteiger partial charge in [-0.3, -0.25) is 9.36 Å². The molecule has 4 rings (SSSR count). The fourth-order valence-corrected chi connectivity index (χ4v) is 4.73. The lowest BCUT2D eigenvalue weighted by atomic mass is 10.1. The van der Waals surface area contributed by atoms with Gasteiger partial charge in [0.2, 0.25) is 5.91 Å². The molecule has 0 atom stereocenters. The van der Waals surface area contributed by atoms with Crippen LogP contribution in [0.4, 0.5) is 0 Å². The largest absolute Gasteiger partial charge is 0.351 e. The number of nitrogens with zero attached hydrogens (tertiary/aromatic N) is 3. The molecule has 29 heavy (non-hydrogen) atoms. The molecule has 0 aliphatic rings. The van der Waals surface area contributed by atoms with E-state index in [0.717, 1.165) is 22.3 Å². The van der Waals surface area contributed by atoms with Gasteiger partial charge in [-0.2, -0.15) is 0 Å².